The lowest BCUT2D eigenvalue weighted by atomic mass is 9.83. The minimum absolute atomic E-state index is 0.0116. The second-order valence-electron chi connectivity index (χ2n) is 2.88. The minimum Gasteiger partial charge on any atom is -0.349 e. The molecular weight excluding hydrogens is 130 g/mol. The van der Waals surface area contributed by atoms with Crippen LogP contribution in [0.4, 0.5) is 0 Å². The quantitative estimate of drug-likeness (QED) is 0.517. The van der Waals surface area contributed by atoms with Crippen LogP contribution < -0.4 is 0 Å². The van der Waals surface area contributed by atoms with Gasteiger partial charge in [0.15, 0.2) is 0 Å². The summed E-state index contributed by atoms with van der Waals surface area (Å²) in [5.74, 6) is 0.280. The molecule has 0 saturated heterocycles. The van der Waals surface area contributed by atoms with Crippen molar-refractivity contribution in [2.75, 3.05) is 14.1 Å². The highest BCUT2D eigenvalue weighted by molar-refractivity contribution is 5.96. The van der Waals surface area contributed by atoms with Gasteiger partial charge < -0.3 is 4.90 Å². The van der Waals surface area contributed by atoms with E-state index >= 15 is 0 Å². The van der Waals surface area contributed by atoms with Gasteiger partial charge in [-0.1, -0.05) is 0 Å². The molecule has 0 unspecified atom stereocenters. The lowest BCUT2D eigenvalue weighted by Gasteiger charge is -2.25. The first-order chi connectivity index (χ1) is 4.61. The van der Waals surface area contributed by atoms with Crippen LogP contribution in [0.1, 0.15) is 12.8 Å². The molecule has 1 aliphatic carbocycles. The van der Waals surface area contributed by atoms with E-state index in [4.69, 9.17) is 0 Å². The fourth-order valence-corrected chi connectivity index (χ4v) is 1.03. The van der Waals surface area contributed by atoms with Gasteiger partial charge in [-0.05, 0) is 0 Å². The molecule has 0 N–H and O–H groups in total. The Balaban J connectivity index is 2.38. The van der Waals surface area contributed by atoms with Crippen molar-refractivity contribution >= 4 is 11.7 Å². The monoisotopic (exact) mass is 141 g/mol. The molecule has 0 heterocycles. The van der Waals surface area contributed by atoms with Crippen molar-refractivity contribution < 1.29 is 9.59 Å². The third-order valence-corrected chi connectivity index (χ3v) is 1.74. The van der Waals surface area contributed by atoms with Crippen molar-refractivity contribution in [3.05, 3.63) is 0 Å². The van der Waals surface area contributed by atoms with E-state index in [1.54, 1.807) is 14.1 Å². The number of hydrogen-bond acceptors (Lipinski definition) is 2. The van der Waals surface area contributed by atoms with Crippen molar-refractivity contribution in [2.45, 2.75) is 12.8 Å². The molecule has 0 aromatic rings. The Morgan fingerprint density at radius 3 is 2.30 bits per heavy atom. The summed E-state index contributed by atoms with van der Waals surface area (Å²) in [5.41, 5.74) is 0. The van der Waals surface area contributed by atoms with E-state index in [1.165, 1.54) is 4.90 Å². The summed E-state index contributed by atoms with van der Waals surface area (Å²) in [5, 5.41) is 0. The molecule has 1 amide bonds. The number of amides is 1. The Morgan fingerprint density at radius 2 is 2.00 bits per heavy atom. The maximum Gasteiger partial charge on any atom is 0.226 e. The van der Waals surface area contributed by atoms with E-state index in [0.29, 0.717) is 12.8 Å². The molecule has 1 rings (SSSR count). The molecule has 10 heavy (non-hydrogen) atoms. The molecule has 1 aliphatic rings. The van der Waals surface area contributed by atoms with E-state index in [0.717, 1.165) is 0 Å². The largest absolute Gasteiger partial charge is 0.349 e. The average Bonchev–Trinajstić information content (AvgIpc) is 1.79. The number of ketones is 1. The second-order valence-corrected chi connectivity index (χ2v) is 2.88. The van der Waals surface area contributed by atoms with Crippen LogP contribution in [0.5, 0.6) is 0 Å². The van der Waals surface area contributed by atoms with Gasteiger partial charge in [-0.3, -0.25) is 9.59 Å². The van der Waals surface area contributed by atoms with Crippen molar-refractivity contribution in [3.63, 3.8) is 0 Å². The van der Waals surface area contributed by atoms with Crippen molar-refractivity contribution in [1.29, 1.82) is 0 Å². The number of carbonyl (C=O) groups excluding carboxylic acids is 2. The number of hydrogen-bond donors (Lipinski definition) is 0. The predicted molar refractivity (Wildman–Crippen MR) is 36.4 cm³/mol. The summed E-state index contributed by atoms with van der Waals surface area (Å²) in [4.78, 5) is 23.0. The van der Waals surface area contributed by atoms with Gasteiger partial charge in [0.2, 0.25) is 5.91 Å². The number of carbonyl (C=O) groups is 2. The van der Waals surface area contributed by atoms with Crippen LogP contribution in [0.25, 0.3) is 0 Å². The van der Waals surface area contributed by atoms with Gasteiger partial charge in [0.25, 0.3) is 0 Å². The highest BCUT2D eigenvalue weighted by Crippen LogP contribution is 2.23. The maximum atomic E-state index is 11.0. The van der Waals surface area contributed by atoms with Gasteiger partial charge in [0.05, 0.1) is 5.92 Å². The molecule has 0 spiro atoms. The highest BCUT2D eigenvalue weighted by Gasteiger charge is 2.33. The SMILES string of the molecule is CN(C)C(=O)C1CC(=O)C1. The Hall–Kier alpha value is -0.860. The van der Waals surface area contributed by atoms with Gasteiger partial charge in [-0.2, -0.15) is 0 Å². The lowest BCUT2D eigenvalue weighted by Crippen LogP contribution is -2.38. The molecule has 0 bridgehead atoms. The van der Waals surface area contributed by atoms with Gasteiger partial charge in [-0.15, -0.1) is 0 Å². The molecule has 0 atom stereocenters. The molecule has 3 nitrogen and oxygen atoms in total. The van der Waals surface area contributed by atoms with E-state index in [-0.39, 0.29) is 17.6 Å². The predicted octanol–water partition coefficient (Wildman–Crippen LogP) is 0.0537. The minimum atomic E-state index is -0.0116. The zero-order valence-corrected chi connectivity index (χ0v) is 6.26. The van der Waals surface area contributed by atoms with Crippen LogP contribution in [0.2, 0.25) is 0 Å². The smallest absolute Gasteiger partial charge is 0.226 e. The summed E-state index contributed by atoms with van der Waals surface area (Å²) in [6.45, 7) is 0. The van der Waals surface area contributed by atoms with Crippen LogP contribution >= 0.6 is 0 Å². The molecule has 56 valence electrons. The van der Waals surface area contributed by atoms with Crippen LogP contribution in [0.15, 0.2) is 0 Å². The molecule has 0 radical (unpaired) electrons. The van der Waals surface area contributed by atoms with E-state index in [2.05, 4.69) is 0 Å². The molecule has 0 aliphatic heterocycles. The average molecular weight is 141 g/mol. The van der Waals surface area contributed by atoms with Crippen LogP contribution in [0, 0.1) is 5.92 Å². The third-order valence-electron chi connectivity index (χ3n) is 1.74. The molecule has 0 aromatic heterocycles. The summed E-state index contributed by atoms with van der Waals surface area (Å²) in [6.07, 6.45) is 0.911. The molecule has 1 saturated carbocycles. The van der Waals surface area contributed by atoms with Crippen molar-refractivity contribution in [3.8, 4) is 0 Å². The van der Waals surface area contributed by atoms with E-state index in [1.807, 2.05) is 0 Å². The van der Waals surface area contributed by atoms with Crippen LogP contribution in [-0.2, 0) is 9.59 Å². The zero-order valence-electron chi connectivity index (χ0n) is 6.26. The Kier molecular flexibility index (Phi) is 1.74. The molecular formula is C7H11NO2. The number of rotatable bonds is 1. The first-order valence-corrected chi connectivity index (χ1v) is 3.34. The number of nitrogens with zero attached hydrogens (tertiary/aromatic N) is 1. The van der Waals surface area contributed by atoms with Crippen LogP contribution in [-0.4, -0.2) is 30.7 Å². The lowest BCUT2D eigenvalue weighted by molar-refractivity contribution is -0.143. The molecule has 3 heteroatoms. The first-order valence-electron chi connectivity index (χ1n) is 3.34. The van der Waals surface area contributed by atoms with Crippen molar-refractivity contribution in [1.82, 2.24) is 4.90 Å². The van der Waals surface area contributed by atoms with Crippen molar-refractivity contribution in [2.24, 2.45) is 5.92 Å². The Labute approximate surface area is 60.0 Å². The second kappa shape index (κ2) is 2.40. The summed E-state index contributed by atoms with van der Waals surface area (Å²) >= 11 is 0. The summed E-state index contributed by atoms with van der Waals surface area (Å²) in [6, 6.07) is 0. The molecule has 1 fully saturated rings. The van der Waals surface area contributed by atoms with Gasteiger partial charge in [0, 0.05) is 26.9 Å². The van der Waals surface area contributed by atoms with Gasteiger partial charge >= 0.3 is 0 Å². The Morgan fingerprint density at radius 1 is 1.50 bits per heavy atom. The Bertz CT molecular complexity index is 166. The van der Waals surface area contributed by atoms with Gasteiger partial charge in [0.1, 0.15) is 5.78 Å². The normalized spacial score (nSPS) is 18.4. The van der Waals surface area contributed by atoms with Crippen LogP contribution in [0.3, 0.4) is 0 Å². The van der Waals surface area contributed by atoms with E-state index in [9.17, 15) is 9.59 Å². The topological polar surface area (TPSA) is 37.4 Å². The van der Waals surface area contributed by atoms with Gasteiger partial charge in [-0.25, -0.2) is 0 Å². The fourth-order valence-electron chi connectivity index (χ4n) is 1.03. The number of Topliss-reactive ketones (excluding diaryl/α,β-unsaturated/α-hetero) is 1. The summed E-state index contributed by atoms with van der Waals surface area (Å²) < 4.78 is 0. The maximum absolute atomic E-state index is 11.0. The highest BCUT2D eigenvalue weighted by atomic mass is 16.2. The van der Waals surface area contributed by atoms with E-state index < -0.39 is 0 Å². The standard InChI is InChI=1S/C7H11NO2/c1-8(2)7(10)5-3-6(9)4-5/h5H,3-4H2,1-2H3. The fraction of sp³-hybridized carbons (Fsp3) is 0.714. The summed E-state index contributed by atoms with van der Waals surface area (Å²) in [7, 11) is 3.43. The first kappa shape index (κ1) is 7.25. The molecule has 0 aromatic carbocycles. The third kappa shape index (κ3) is 1.17. The zero-order chi connectivity index (χ0) is 7.72.